The molecule has 0 bridgehead atoms. The van der Waals surface area contributed by atoms with Crippen LogP contribution in [0.4, 0.5) is 0 Å². The fourth-order valence-electron chi connectivity index (χ4n) is 3.01. The van der Waals surface area contributed by atoms with Gasteiger partial charge in [-0.3, -0.25) is 9.69 Å². The monoisotopic (exact) mass is 239 g/mol. The number of rotatable bonds is 5. The van der Waals surface area contributed by atoms with Gasteiger partial charge in [0.25, 0.3) is 0 Å². The van der Waals surface area contributed by atoms with E-state index in [1.165, 1.54) is 38.5 Å². The SMILES string of the molecule is CC1(C)CCC(N(CCC(=O)O)C2CC2)CC1. The molecule has 98 valence electrons. The van der Waals surface area contributed by atoms with Gasteiger partial charge in [0.1, 0.15) is 0 Å². The Morgan fingerprint density at radius 1 is 1.18 bits per heavy atom. The predicted molar refractivity (Wildman–Crippen MR) is 68.0 cm³/mol. The molecule has 3 nitrogen and oxygen atoms in total. The molecular weight excluding hydrogens is 214 g/mol. The molecule has 17 heavy (non-hydrogen) atoms. The first-order valence-electron chi connectivity index (χ1n) is 6.95. The fraction of sp³-hybridized carbons (Fsp3) is 0.929. The van der Waals surface area contributed by atoms with E-state index in [9.17, 15) is 4.79 Å². The van der Waals surface area contributed by atoms with Crippen molar-refractivity contribution in [3.63, 3.8) is 0 Å². The van der Waals surface area contributed by atoms with E-state index in [0.717, 1.165) is 6.54 Å². The molecule has 0 spiro atoms. The first kappa shape index (κ1) is 12.9. The summed E-state index contributed by atoms with van der Waals surface area (Å²) in [6.07, 6.45) is 7.93. The van der Waals surface area contributed by atoms with Gasteiger partial charge in [-0.2, -0.15) is 0 Å². The lowest BCUT2D eigenvalue weighted by molar-refractivity contribution is -0.137. The zero-order chi connectivity index (χ0) is 12.5. The van der Waals surface area contributed by atoms with E-state index in [1.807, 2.05) is 0 Å². The zero-order valence-electron chi connectivity index (χ0n) is 11.1. The molecule has 1 N–H and O–H groups in total. The van der Waals surface area contributed by atoms with Crippen molar-refractivity contribution in [3.05, 3.63) is 0 Å². The van der Waals surface area contributed by atoms with E-state index in [1.54, 1.807) is 0 Å². The Kier molecular flexibility index (Phi) is 3.76. The maximum absolute atomic E-state index is 10.7. The Bertz CT molecular complexity index is 274. The van der Waals surface area contributed by atoms with Crippen molar-refractivity contribution in [2.45, 2.75) is 70.9 Å². The second kappa shape index (κ2) is 4.97. The van der Waals surface area contributed by atoms with Crippen LogP contribution in [0.25, 0.3) is 0 Å². The standard InChI is InChI=1S/C14H25NO2/c1-14(2)8-5-12(6-9-14)15(11-3-4-11)10-7-13(16)17/h11-12H,3-10H2,1-2H3,(H,16,17). The third-order valence-corrected chi connectivity index (χ3v) is 4.38. The number of nitrogens with zero attached hydrogens (tertiary/aromatic N) is 1. The molecule has 2 rings (SSSR count). The van der Waals surface area contributed by atoms with Crippen molar-refractivity contribution in [2.75, 3.05) is 6.54 Å². The van der Waals surface area contributed by atoms with Gasteiger partial charge in [-0.05, 0) is 43.9 Å². The number of carbonyl (C=O) groups is 1. The van der Waals surface area contributed by atoms with E-state index >= 15 is 0 Å². The molecule has 0 aliphatic heterocycles. The molecule has 0 saturated heterocycles. The van der Waals surface area contributed by atoms with E-state index in [-0.39, 0.29) is 0 Å². The third kappa shape index (κ3) is 3.70. The molecule has 0 unspecified atom stereocenters. The van der Waals surface area contributed by atoms with E-state index in [2.05, 4.69) is 18.7 Å². The summed E-state index contributed by atoms with van der Waals surface area (Å²) in [7, 11) is 0. The maximum Gasteiger partial charge on any atom is 0.304 e. The average molecular weight is 239 g/mol. The van der Waals surface area contributed by atoms with Crippen LogP contribution in [-0.2, 0) is 4.79 Å². The van der Waals surface area contributed by atoms with Gasteiger partial charge in [0.15, 0.2) is 0 Å². The molecule has 0 aromatic heterocycles. The van der Waals surface area contributed by atoms with Crippen LogP contribution >= 0.6 is 0 Å². The van der Waals surface area contributed by atoms with Crippen LogP contribution in [0, 0.1) is 5.41 Å². The Morgan fingerprint density at radius 3 is 2.18 bits per heavy atom. The Hall–Kier alpha value is -0.570. The first-order valence-corrected chi connectivity index (χ1v) is 6.95. The summed E-state index contributed by atoms with van der Waals surface area (Å²) < 4.78 is 0. The van der Waals surface area contributed by atoms with Crippen molar-refractivity contribution < 1.29 is 9.90 Å². The second-order valence-electron chi connectivity index (χ2n) is 6.51. The normalized spacial score (nSPS) is 25.1. The van der Waals surface area contributed by atoms with Gasteiger partial charge in [0, 0.05) is 18.6 Å². The summed E-state index contributed by atoms with van der Waals surface area (Å²) in [6.45, 7) is 5.45. The highest BCUT2D eigenvalue weighted by atomic mass is 16.4. The summed E-state index contributed by atoms with van der Waals surface area (Å²) in [5, 5.41) is 8.82. The molecule has 0 heterocycles. The molecule has 3 heteroatoms. The van der Waals surface area contributed by atoms with Crippen LogP contribution in [0.1, 0.15) is 58.8 Å². The molecule has 2 aliphatic carbocycles. The van der Waals surface area contributed by atoms with Crippen molar-refractivity contribution >= 4 is 5.97 Å². The van der Waals surface area contributed by atoms with E-state index in [0.29, 0.717) is 23.9 Å². The van der Waals surface area contributed by atoms with Crippen LogP contribution in [0.5, 0.6) is 0 Å². The van der Waals surface area contributed by atoms with Crippen molar-refractivity contribution in [1.82, 2.24) is 4.90 Å². The van der Waals surface area contributed by atoms with Crippen LogP contribution in [-0.4, -0.2) is 34.6 Å². The number of hydrogen-bond donors (Lipinski definition) is 1. The first-order chi connectivity index (χ1) is 7.98. The topological polar surface area (TPSA) is 40.5 Å². The highest BCUT2D eigenvalue weighted by molar-refractivity contribution is 5.66. The van der Waals surface area contributed by atoms with Gasteiger partial charge in [0.05, 0.1) is 6.42 Å². The van der Waals surface area contributed by atoms with Gasteiger partial charge < -0.3 is 5.11 Å². The summed E-state index contributed by atoms with van der Waals surface area (Å²) in [5.41, 5.74) is 0.499. The third-order valence-electron chi connectivity index (χ3n) is 4.38. The van der Waals surface area contributed by atoms with Crippen LogP contribution in [0.15, 0.2) is 0 Å². The second-order valence-corrected chi connectivity index (χ2v) is 6.51. The molecule has 0 aromatic carbocycles. The number of aliphatic carboxylic acids is 1. The van der Waals surface area contributed by atoms with Gasteiger partial charge >= 0.3 is 5.97 Å². The maximum atomic E-state index is 10.7. The predicted octanol–water partition coefficient (Wildman–Crippen LogP) is 2.89. The zero-order valence-corrected chi connectivity index (χ0v) is 11.1. The van der Waals surface area contributed by atoms with E-state index < -0.39 is 5.97 Å². The Labute approximate surface area is 104 Å². The highest BCUT2D eigenvalue weighted by Gasteiger charge is 2.37. The number of hydrogen-bond acceptors (Lipinski definition) is 2. The van der Waals surface area contributed by atoms with Gasteiger partial charge in [-0.25, -0.2) is 0 Å². The minimum absolute atomic E-state index is 0.302. The lowest BCUT2D eigenvalue weighted by Gasteiger charge is -2.40. The van der Waals surface area contributed by atoms with Crippen molar-refractivity contribution in [3.8, 4) is 0 Å². The van der Waals surface area contributed by atoms with Crippen LogP contribution in [0.2, 0.25) is 0 Å². The minimum atomic E-state index is -0.660. The molecule has 0 aromatic rings. The number of carboxylic acids is 1. The van der Waals surface area contributed by atoms with E-state index in [4.69, 9.17) is 5.11 Å². The summed E-state index contributed by atoms with van der Waals surface area (Å²) in [6, 6.07) is 1.34. The van der Waals surface area contributed by atoms with Gasteiger partial charge in [0.2, 0.25) is 0 Å². The smallest absolute Gasteiger partial charge is 0.304 e. The van der Waals surface area contributed by atoms with Crippen molar-refractivity contribution in [2.24, 2.45) is 5.41 Å². The average Bonchev–Trinajstić information content (AvgIpc) is 3.04. The molecular formula is C14H25NO2. The molecule has 0 amide bonds. The quantitative estimate of drug-likeness (QED) is 0.802. The lowest BCUT2D eigenvalue weighted by atomic mass is 9.75. The van der Waals surface area contributed by atoms with Gasteiger partial charge in [-0.15, -0.1) is 0 Å². The highest BCUT2D eigenvalue weighted by Crippen LogP contribution is 2.40. The van der Waals surface area contributed by atoms with Gasteiger partial charge in [-0.1, -0.05) is 13.8 Å². The summed E-state index contributed by atoms with van der Waals surface area (Å²) in [4.78, 5) is 13.2. The molecule has 2 fully saturated rings. The largest absolute Gasteiger partial charge is 0.481 e. The summed E-state index contributed by atoms with van der Waals surface area (Å²) in [5.74, 6) is -0.660. The summed E-state index contributed by atoms with van der Waals surface area (Å²) >= 11 is 0. The molecule has 0 radical (unpaired) electrons. The molecule has 2 aliphatic rings. The van der Waals surface area contributed by atoms with Crippen LogP contribution < -0.4 is 0 Å². The lowest BCUT2D eigenvalue weighted by Crippen LogP contribution is -2.42. The minimum Gasteiger partial charge on any atom is -0.481 e. The molecule has 0 atom stereocenters. The van der Waals surface area contributed by atoms with Crippen LogP contribution in [0.3, 0.4) is 0 Å². The number of carboxylic acid groups (broad SMARTS) is 1. The molecule has 2 saturated carbocycles. The Morgan fingerprint density at radius 2 is 1.71 bits per heavy atom. The van der Waals surface area contributed by atoms with Crippen molar-refractivity contribution in [1.29, 1.82) is 0 Å². The Balaban J connectivity index is 1.86. The fourth-order valence-corrected chi connectivity index (χ4v) is 3.01.